The molecule has 0 N–H and O–H groups in total. The molecule has 35 heavy (non-hydrogen) atoms. The van der Waals surface area contributed by atoms with Gasteiger partial charge in [0, 0.05) is 0 Å². The molecule has 0 aliphatic heterocycles. The molecule has 0 radical (unpaired) electrons. The summed E-state index contributed by atoms with van der Waals surface area (Å²) in [6.07, 6.45) is 0. The molecule has 4 aromatic rings. The number of rotatable bonds is 9. The van der Waals surface area contributed by atoms with Gasteiger partial charge in [-0.15, -0.1) is 0 Å². The van der Waals surface area contributed by atoms with Crippen LogP contribution in [0.25, 0.3) is 0 Å². The van der Waals surface area contributed by atoms with Crippen LogP contribution in [0.2, 0.25) is 0 Å². The first-order chi connectivity index (χ1) is 16.9. The van der Waals surface area contributed by atoms with E-state index in [-0.39, 0.29) is 5.41 Å². The third-order valence-electron chi connectivity index (χ3n) is 7.96. The monoisotopic (exact) mass is 496 g/mol. The van der Waals surface area contributed by atoms with Crippen molar-refractivity contribution < 1.29 is 0 Å². The van der Waals surface area contributed by atoms with Gasteiger partial charge in [0.15, 0.2) is 0 Å². The van der Waals surface area contributed by atoms with Crippen LogP contribution in [0.3, 0.4) is 0 Å². The summed E-state index contributed by atoms with van der Waals surface area (Å²) >= 11 is 0. The van der Waals surface area contributed by atoms with Crippen molar-refractivity contribution in [1.82, 2.24) is 0 Å². The lowest BCUT2D eigenvalue weighted by atomic mass is 9.74. The lowest BCUT2D eigenvalue weighted by Gasteiger charge is -2.50. The van der Waals surface area contributed by atoms with Gasteiger partial charge in [0.05, 0.1) is 0 Å². The average Bonchev–Trinajstić information content (AvgIpc) is 2.90. The van der Waals surface area contributed by atoms with E-state index in [4.69, 9.17) is 0 Å². The van der Waals surface area contributed by atoms with E-state index < -0.39 is 15.8 Å². The fraction of sp³-hybridized carbons (Fsp3) is 0.273. The van der Waals surface area contributed by atoms with Crippen LogP contribution in [0, 0.1) is 11.3 Å². The minimum atomic E-state index is -0.517. The van der Waals surface area contributed by atoms with Crippen molar-refractivity contribution in [3.8, 4) is 0 Å². The molecule has 180 valence electrons. The van der Waals surface area contributed by atoms with Crippen molar-refractivity contribution in [2.24, 2.45) is 11.3 Å². The third-order valence-corrected chi connectivity index (χ3v) is 14.0. The van der Waals surface area contributed by atoms with Gasteiger partial charge in [0.25, 0.3) is 0 Å². The number of hydrogen-bond donors (Lipinski definition) is 0. The van der Waals surface area contributed by atoms with Crippen molar-refractivity contribution in [3.05, 3.63) is 121 Å². The average molecular weight is 497 g/mol. The van der Waals surface area contributed by atoms with Gasteiger partial charge in [-0.1, -0.05) is 156 Å². The predicted molar refractivity (Wildman–Crippen MR) is 160 cm³/mol. The Morgan fingerprint density at radius 2 is 0.657 bits per heavy atom. The molecule has 2 unspecified atom stereocenters. The minimum Gasteiger partial charge on any atom is -0.0622 e. The topological polar surface area (TPSA) is 0 Å². The molecule has 4 rings (SSSR count). The highest BCUT2D eigenvalue weighted by Gasteiger charge is 2.46. The van der Waals surface area contributed by atoms with Gasteiger partial charge >= 0.3 is 0 Å². The Morgan fingerprint density at radius 3 is 0.857 bits per heavy atom. The molecule has 0 aliphatic rings. The summed E-state index contributed by atoms with van der Waals surface area (Å²) in [5, 5.41) is 5.90. The van der Waals surface area contributed by atoms with Crippen LogP contribution in [0.4, 0.5) is 0 Å². The Morgan fingerprint density at radius 1 is 0.429 bits per heavy atom. The second-order valence-electron chi connectivity index (χ2n) is 9.95. The molecular weight excluding hydrogens is 458 g/mol. The maximum Gasteiger partial charge on any atom is -0.00946 e. The molecule has 0 bridgehead atoms. The highest BCUT2D eigenvalue weighted by Crippen LogP contribution is 2.59. The Kier molecular flexibility index (Phi) is 8.59. The van der Waals surface area contributed by atoms with Crippen molar-refractivity contribution in [1.29, 1.82) is 0 Å². The zero-order valence-electron chi connectivity index (χ0n) is 21.7. The Hall–Kier alpha value is -2.26. The zero-order valence-corrected chi connectivity index (χ0v) is 23.5. The number of benzene rings is 4. The van der Waals surface area contributed by atoms with E-state index in [0.717, 1.165) is 0 Å². The first-order valence-corrected chi connectivity index (χ1v) is 15.6. The van der Waals surface area contributed by atoms with Gasteiger partial charge in [-0.3, -0.25) is 0 Å². The molecule has 0 spiro atoms. The first kappa shape index (κ1) is 25.8. The Labute approximate surface area is 215 Å². The summed E-state index contributed by atoms with van der Waals surface area (Å²) in [6, 6.07) is 45.0. The fourth-order valence-corrected chi connectivity index (χ4v) is 12.0. The van der Waals surface area contributed by atoms with Gasteiger partial charge in [-0.05, 0) is 59.7 Å². The maximum atomic E-state index is 2.58. The predicted octanol–water partition coefficient (Wildman–Crippen LogP) is 7.69. The van der Waals surface area contributed by atoms with Gasteiger partial charge in [0.2, 0.25) is 0 Å². The van der Waals surface area contributed by atoms with E-state index in [1.54, 1.807) is 0 Å². The van der Waals surface area contributed by atoms with Crippen LogP contribution in [-0.4, -0.2) is 11.3 Å². The lowest BCUT2D eigenvalue weighted by molar-refractivity contribution is 0.213. The van der Waals surface area contributed by atoms with Crippen LogP contribution in [0.5, 0.6) is 0 Å². The molecule has 0 aromatic heterocycles. The molecule has 0 aliphatic carbocycles. The highest BCUT2D eigenvalue weighted by molar-refractivity contribution is 7.74. The van der Waals surface area contributed by atoms with Gasteiger partial charge < -0.3 is 0 Å². The molecule has 4 aromatic carbocycles. The zero-order chi connectivity index (χ0) is 24.8. The second-order valence-corrected chi connectivity index (χ2v) is 15.0. The van der Waals surface area contributed by atoms with Crippen LogP contribution in [-0.2, 0) is 0 Å². The van der Waals surface area contributed by atoms with Crippen molar-refractivity contribution in [3.63, 3.8) is 0 Å². The summed E-state index contributed by atoms with van der Waals surface area (Å²) in [5.74, 6) is 0.544. The van der Waals surface area contributed by atoms with E-state index in [1.165, 1.54) is 21.2 Å². The lowest BCUT2D eigenvalue weighted by Crippen LogP contribution is -2.47. The van der Waals surface area contributed by atoms with Crippen molar-refractivity contribution >= 4 is 37.1 Å². The van der Waals surface area contributed by atoms with Crippen molar-refractivity contribution in [2.75, 3.05) is 0 Å². The molecule has 0 fully saturated rings. The molecule has 0 amide bonds. The van der Waals surface area contributed by atoms with Crippen LogP contribution < -0.4 is 21.2 Å². The van der Waals surface area contributed by atoms with Gasteiger partial charge in [-0.2, -0.15) is 0 Å². The van der Waals surface area contributed by atoms with E-state index >= 15 is 0 Å². The first-order valence-electron chi connectivity index (χ1n) is 12.7. The SMILES string of the molecule is CC(C)C(C)(C(C)P(c1ccccc1)c1ccccc1)C(C)P(c1ccccc1)c1ccccc1. The molecule has 0 saturated carbocycles. The summed E-state index contributed by atoms with van der Waals surface area (Å²) in [6.45, 7) is 12.5. The van der Waals surface area contributed by atoms with Crippen LogP contribution in [0.1, 0.15) is 34.6 Å². The quantitative estimate of drug-likeness (QED) is 0.208. The molecule has 2 heteroatoms. The second kappa shape index (κ2) is 11.6. The van der Waals surface area contributed by atoms with Crippen LogP contribution in [0.15, 0.2) is 121 Å². The van der Waals surface area contributed by atoms with E-state index in [1.807, 2.05) is 0 Å². The standard InChI is InChI=1S/C33H38P2/c1-26(2)33(5,27(3)34(29-18-10-6-11-19-29)30-20-12-7-13-21-30)28(4)35(31-22-14-8-15-23-31)32-24-16-9-17-25-32/h6-28H,1-5H3. The molecular formula is C33H38P2. The number of hydrogen-bond acceptors (Lipinski definition) is 0. The molecule has 2 atom stereocenters. The van der Waals surface area contributed by atoms with E-state index in [0.29, 0.717) is 17.2 Å². The summed E-state index contributed by atoms with van der Waals surface area (Å²) < 4.78 is 0. The maximum absolute atomic E-state index is 2.58. The third kappa shape index (κ3) is 5.45. The highest BCUT2D eigenvalue weighted by atomic mass is 31.1. The largest absolute Gasteiger partial charge is 0.0622 e. The normalized spacial score (nSPS) is 15.2. The van der Waals surface area contributed by atoms with E-state index in [9.17, 15) is 0 Å². The van der Waals surface area contributed by atoms with Crippen molar-refractivity contribution in [2.45, 2.75) is 45.9 Å². The Balaban J connectivity index is 1.85. The minimum absolute atomic E-state index is 0.134. The molecule has 0 saturated heterocycles. The summed E-state index contributed by atoms with van der Waals surface area (Å²) in [4.78, 5) is 0. The van der Waals surface area contributed by atoms with E-state index in [2.05, 4.69) is 156 Å². The fourth-order valence-electron chi connectivity index (χ4n) is 5.42. The van der Waals surface area contributed by atoms with Crippen LogP contribution >= 0.6 is 15.8 Å². The summed E-state index contributed by atoms with van der Waals surface area (Å²) in [7, 11) is -1.03. The Bertz CT molecular complexity index is 989. The van der Waals surface area contributed by atoms with Gasteiger partial charge in [0.1, 0.15) is 0 Å². The van der Waals surface area contributed by atoms with Gasteiger partial charge in [-0.25, -0.2) is 0 Å². The smallest absolute Gasteiger partial charge is 0.00946 e. The molecule has 0 nitrogen and oxygen atoms in total. The molecule has 0 heterocycles. The summed E-state index contributed by atoms with van der Waals surface area (Å²) in [5.41, 5.74) is 1.15.